The van der Waals surface area contributed by atoms with Crippen LogP contribution in [-0.4, -0.2) is 49.4 Å². The van der Waals surface area contributed by atoms with Gasteiger partial charge in [-0.1, -0.05) is 0 Å². The Morgan fingerprint density at radius 1 is 0.933 bits per heavy atom. The fourth-order valence-electron chi connectivity index (χ4n) is 0.602. The molecule has 0 saturated heterocycles. The van der Waals surface area contributed by atoms with Crippen LogP contribution in [0, 0.1) is 0 Å². The molecule has 5 N–H and O–H groups in total. The van der Waals surface area contributed by atoms with E-state index < -0.39 is 42.4 Å². The predicted octanol–water partition coefficient (Wildman–Crippen LogP) is -1.64. The van der Waals surface area contributed by atoms with Crippen LogP contribution < -0.4 is 0 Å². The molecular weight excluding hydrogens is 276 g/mol. The topological polar surface area (TPSA) is 173 Å². The maximum absolute atomic E-state index is 10.5. The molecule has 15 heavy (non-hydrogen) atoms. The van der Waals surface area contributed by atoms with Gasteiger partial charge in [0.25, 0.3) is 0 Å². The number of nitrogens with zero attached hydrogens (tertiary/aromatic N) is 1. The van der Waals surface area contributed by atoms with Gasteiger partial charge in [0.05, 0.1) is 0 Å². The van der Waals surface area contributed by atoms with Gasteiger partial charge in [0.2, 0.25) is 0 Å². The van der Waals surface area contributed by atoms with Gasteiger partial charge >= 0.3 is 25.5 Å². The Hall–Kier alpha value is 0.170. The van der Waals surface area contributed by atoms with Crippen molar-refractivity contribution in [3.8, 4) is 0 Å². The van der Waals surface area contributed by atoms with E-state index >= 15 is 0 Å². The zero-order valence-electron chi connectivity index (χ0n) is 7.03. The molecule has 0 bridgehead atoms. The Balaban J connectivity index is 4.95. The van der Waals surface area contributed by atoms with Gasteiger partial charge in [-0.25, -0.2) is 0 Å². The molecule has 0 aromatic rings. The Labute approximate surface area is 84.7 Å². The summed E-state index contributed by atoms with van der Waals surface area (Å²) < 4.78 is 49.8. The quantitative estimate of drug-likeness (QED) is 0.293. The Morgan fingerprint density at radius 2 is 1.20 bits per heavy atom. The van der Waals surface area contributed by atoms with E-state index in [9.17, 15) is 17.5 Å². The summed E-state index contributed by atoms with van der Waals surface area (Å²) in [4.78, 5) is 33.6. The van der Waals surface area contributed by atoms with Crippen LogP contribution in [-0.2, 0) is 19.4 Å². The van der Waals surface area contributed by atoms with E-state index in [1.807, 2.05) is 0 Å². The molecule has 0 amide bonds. The smallest absolute Gasteiger partial charge is 0.324 e. The summed E-state index contributed by atoms with van der Waals surface area (Å²) in [6, 6.07) is 0. The SMILES string of the molecule is O=P(O)(O)CN(CP(=O)(O)O)S(=O)(=O)O. The zero-order chi connectivity index (χ0) is 12.5. The van der Waals surface area contributed by atoms with Gasteiger partial charge in [-0.15, -0.1) is 0 Å². The fraction of sp³-hybridized carbons (Fsp3) is 1.00. The first kappa shape index (κ1) is 15.2. The molecule has 10 nitrogen and oxygen atoms in total. The van der Waals surface area contributed by atoms with E-state index in [1.54, 1.807) is 0 Å². The molecule has 13 heteroatoms. The molecular formula is C2H9NO9P2S. The normalized spacial score (nSPS) is 14.5. The first-order valence-corrected chi connectivity index (χ1v) is 8.12. The highest BCUT2D eigenvalue weighted by Gasteiger charge is 2.33. The van der Waals surface area contributed by atoms with Gasteiger partial charge in [-0.05, 0) is 0 Å². The molecule has 0 aliphatic rings. The van der Waals surface area contributed by atoms with Crippen molar-refractivity contribution < 1.29 is 41.7 Å². The largest absolute Gasteiger partial charge is 0.340 e. The zero-order valence-corrected chi connectivity index (χ0v) is 9.64. The monoisotopic (exact) mass is 285 g/mol. The molecule has 0 spiro atoms. The molecule has 0 fully saturated rings. The highest BCUT2D eigenvalue weighted by molar-refractivity contribution is 7.84. The lowest BCUT2D eigenvalue weighted by molar-refractivity contribution is 0.316. The third-order valence-electron chi connectivity index (χ3n) is 1.01. The second-order valence-electron chi connectivity index (χ2n) is 2.54. The minimum absolute atomic E-state index is 0.394. The van der Waals surface area contributed by atoms with Gasteiger partial charge in [-0.2, -0.15) is 12.7 Å². The standard InChI is InChI=1S/C2H9NO9P2S/c4-13(5,6)1-3(15(10,11)12)2-14(7,8)9/h1-2H2,(H2,4,5,6)(H2,7,8,9)(H,10,11,12). The highest BCUT2D eigenvalue weighted by atomic mass is 32.2. The van der Waals surface area contributed by atoms with Crippen LogP contribution in [0.15, 0.2) is 0 Å². The summed E-state index contributed by atoms with van der Waals surface area (Å²) in [5, 5.41) is 0. The molecule has 0 aliphatic carbocycles. The van der Waals surface area contributed by atoms with Gasteiger partial charge in [0.1, 0.15) is 12.6 Å². The van der Waals surface area contributed by atoms with E-state index in [1.165, 1.54) is 0 Å². The van der Waals surface area contributed by atoms with Crippen LogP contribution in [0.3, 0.4) is 0 Å². The Kier molecular flexibility index (Phi) is 4.63. The highest BCUT2D eigenvalue weighted by Crippen LogP contribution is 2.41. The molecule has 0 unspecified atom stereocenters. The summed E-state index contributed by atoms with van der Waals surface area (Å²) in [6.45, 7) is 0. The van der Waals surface area contributed by atoms with Crippen molar-refractivity contribution in [1.82, 2.24) is 4.31 Å². The van der Waals surface area contributed by atoms with E-state index in [0.29, 0.717) is 0 Å². The molecule has 0 radical (unpaired) electrons. The summed E-state index contributed by atoms with van der Waals surface area (Å²) in [7, 11) is -14.8. The van der Waals surface area contributed by atoms with Crippen LogP contribution in [0.4, 0.5) is 0 Å². The Morgan fingerprint density at radius 3 is 1.33 bits per heavy atom. The van der Waals surface area contributed by atoms with Crippen LogP contribution in [0.25, 0.3) is 0 Å². The second kappa shape index (κ2) is 4.58. The van der Waals surface area contributed by atoms with Crippen LogP contribution in [0.1, 0.15) is 0 Å². The maximum atomic E-state index is 10.5. The van der Waals surface area contributed by atoms with Crippen molar-refractivity contribution in [3.63, 3.8) is 0 Å². The molecule has 0 aromatic heterocycles. The third kappa shape index (κ3) is 8.03. The molecule has 0 aliphatic heterocycles. The summed E-state index contributed by atoms with van der Waals surface area (Å²) in [5.41, 5.74) is 0. The molecule has 0 aromatic carbocycles. The average molecular weight is 285 g/mol. The summed E-state index contributed by atoms with van der Waals surface area (Å²) in [6.07, 6.45) is -3.01. The average Bonchev–Trinajstić information content (AvgIpc) is 1.75. The summed E-state index contributed by atoms with van der Waals surface area (Å²) in [5.74, 6) is 0. The van der Waals surface area contributed by atoms with E-state index in [4.69, 9.17) is 24.1 Å². The maximum Gasteiger partial charge on any atom is 0.340 e. The van der Waals surface area contributed by atoms with Crippen LogP contribution in [0.2, 0.25) is 0 Å². The second-order valence-corrected chi connectivity index (χ2v) is 7.18. The fourth-order valence-corrected chi connectivity index (χ4v) is 3.85. The number of hydrogen-bond acceptors (Lipinski definition) is 4. The van der Waals surface area contributed by atoms with Crippen molar-refractivity contribution in [2.45, 2.75) is 0 Å². The minimum atomic E-state index is -5.08. The lowest BCUT2D eigenvalue weighted by Crippen LogP contribution is -2.32. The first-order chi connectivity index (χ1) is 6.31. The van der Waals surface area contributed by atoms with Gasteiger partial charge in [0, 0.05) is 0 Å². The van der Waals surface area contributed by atoms with Crippen molar-refractivity contribution in [3.05, 3.63) is 0 Å². The predicted molar refractivity (Wildman–Crippen MR) is 47.2 cm³/mol. The number of hydrogen-bond donors (Lipinski definition) is 5. The van der Waals surface area contributed by atoms with Gasteiger partial charge in [0.15, 0.2) is 0 Å². The van der Waals surface area contributed by atoms with E-state index in [0.717, 1.165) is 0 Å². The van der Waals surface area contributed by atoms with Crippen LogP contribution >= 0.6 is 15.2 Å². The van der Waals surface area contributed by atoms with Crippen molar-refractivity contribution in [2.24, 2.45) is 0 Å². The molecule has 0 heterocycles. The summed E-state index contributed by atoms with van der Waals surface area (Å²) >= 11 is 0. The molecule has 0 atom stereocenters. The van der Waals surface area contributed by atoms with Crippen LogP contribution in [0.5, 0.6) is 0 Å². The molecule has 0 rings (SSSR count). The van der Waals surface area contributed by atoms with E-state index in [2.05, 4.69) is 0 Å². The van der Waals surface area contributed by atoms with Crippen molar-refractivity contribution in [2.75, 3.05) is 12.6 Å². The lowest BCUT2D eigenvalue weighted by atomic mass is 11.2. The molecule has 92 valence electrons. The van der Waals surface area contributed by atoms with Crippen molar-refractivity contribution in [1.29, 1.82) is 0 Å². The van der Waals surface area contributed by atoms with Gasteiger partial charge in [-0.3, -0.25) is 13.7 Å². The Bertz CT molecular complexity index is 378. The molecule has 0 saturated carbocycles. The van der Waals surface area contributed by atoms with Crippen molar-refractivity contribution >= 4 is 25.5 Å². The minimum Gasteiger partial charge on any atom is -0.324 e. The first-order valence-electron chi connectivity index (χ1n) is 3.13. The van der Waals surface area contributed by atoms with Gasteiger partial charge < -0.3 is 19.6 Å². The lowest BCUT2D eigenvalue weighted by Gasteiger charge is -2.18. The van der Waals surface area contributed by atoms with E-state index in [-0.39, 0.29) is 0 Å². The third-order valence-corrected chi connectivity index (χ3v) is 3.72. The number of rotatable bonds is 5.